The van der Waals surface area contributed by atoms with E-state index in [0.717, 1.165) is 12.8 Å². The molecule has 0 saturated heterocycles. The number of ether oxygens (including phenoxy) is 2. The quantitative estimate of drug-likeness (QED) is 0.288. The Morgan fingerprint density at radius 3 is 2.59 bits per heavy atom. The molecule has 0 spiro atoms. The fraction of sp³-hybridized carbons (Fsp3) is 0.583. The summed E-state index contributed by atoms with van der Waals surface area (Å²) in [6.07, 6.45) is 2.17. The van der Waals surface area contributed by atoms with Gasteiger partial charge in [-0.25, -0.2) is 0 Å². The minimum absolute atomic E-state index is 0.0776. The van der Waals surface area contributed by atoms with Crippen LogP contribution in [0.4, 0.5) is 0 Å². The topological polar surface area (TPSA) is 129 Å². The summed E-state index contributed by atoms with van der Waals surface area (Å²) >= 11 is 2.07. The third-order valence-electron chi connectivity index (χ3n) is 6.12. The second kappa shape index (κ2) is 12.2. The monoisotopic (exact) mass is 588 g/mol. The summed E-state index contributed by atoms with van der Waals surface area (Å²) < 4.78 is 12.3. The summed E-state index contributed by atoms with van der Waals surface area (Å²) in [5.74, 6) is 0.737. The molecule has 34 heavy (non-hydrogen) atoms. The molecule has 10 heteroatoms. The number of carbonyl (C=O) groups excluding carboxylic acids is 2. The number of aliphatic hydroxyl groups is 3. The molecule has 2 aliphatic carbocycles. The van der Waals surface area contributed by atoms with Gasteiger partial charge in [-0.05, 0) is 65.1 Å². The third kappa shape index (κ3) is 6.41. The molecule has 1 aromatic carbocycles. The van der Waals surface area contributed by atoms with E-state index >= 15 is 0 Å². The van der Waals surface area contributed by atoms with Crippen LogP contribution in [0, 0.1) is 9.49 Å². The average Bonchev–Trinajstić information content (AvgIpc) is 3.66. The third-order valence-corrected chi connectivity index (χ3v) is 6.92. The highest BCUT2D eigenvalue weighted by Gasteiger charge is 2.42. The Kier molecular flexibility index (Phi) is 9.57. The summed E-state index contributed by atoms with van der Waals surface area (Å²) in [5, 5.41) is 32.6. The maximum Gasteiger partial charge on any atom is 0.247 e. The molecule has 1 fully saturated rings. The number of hydrogen-bond acceptors (Lipinski definition) is 7. The zero-order valence-corrected chi connectivity index (χ0v) is 21.7. The van der Waals surface area contributed by atoms with Crippen LogP contribution >= 0.6 is 22.6 Å². The Morgan fingerprint density at radius 2 is 2.00 bits per heavy atom. The molecule has 3 atom stereocenters. The highest BCUT2D eigenvalue weighted by Crippen LogP contribution is 2.38. The van der Waals surface area contributed by atoms with Crippen LogP contribution < -0.4 is 14.8 Å². The lowest BCUT2D eigenvalue weighted by Crippen LogP contribution is -2.55. The maximum atomic E-state index is 12.8. The van der Waals surface area contributed by atoms with Gasteiger partial charge in [0.05, 0.1) is 29.9 Å². The maximum absolute atomic E-state index is 12.8. The molecule has 4 N–H and O–H groups in total. The van der Waals surface area contributed by atoms with Crippen molar-refractivity contribution in [1.29, 1.82) is 0 Å². The lowest BCUT2D eigenvalue weighted by molar-refractivity contribution is -0.138. The van der Waals surface area contributed by atoms with E-state index in [9.17, 15) is 19.8 Å². The molecule has 1 aromatic rings. The molecule has 2 amide bonds. The Balaban J connectivity index is 1.96. The number of carbonyl (C=O) groups is 2. The number of nitrogens with one attached hydrogen (secondary N) is 1. The van der Waals surface area contributed by atoms with Crippen molar-refractivity contribution in [3.63, 3.8) is 0 Å². The van der Waals surface area contributed by atoms with E-state index in [1.54, 1.807) is 30.0 Å². The van der Waals surface area contributed by atoms with E-state index in [2.05, 4.69) is 27.9 Å². The first-order valence-corrected chi connectivity index (χ1v) is 12.6. The number of hydrogen-bond donors (Lipinski definition) is 4. The van der Waals surface area contributed by atoms with Crippen LogP contribution in [0.2, 0.25) is 0 Å². The molecular formula is C24H33IN2O7. The first-order valence-electron chi connectivity index (χ1n) is 11.5. The predicted octanol–water partition coefficient (Wildman–Crippen LogP) is 1.36. The van der Waals surface area contributed by atoms with Crippen molar-refractivity contribution in [1.82, 2.24) is 10.2 Å². The van der Waals surface area contributed by atoms with Gasteiger partial charge in [-0.2, -0.15) is 0 Å². The second-order valence-electron chi connectivity index (χ2n) is 8.63. The van der Waals surface area contributed by atoms with Crippen LogP contribution in [0.25, 0.3) is 0 Å². The van der Waals surface area contributed by atoms with Crippen molar-refractivity contribution in [2.45, 2.75) is 57.5 Å². The zero-order chi connectivity index (χ0) is 24.8. The lowest BCUT2D eigenvalue weighted by Gasteiger charge is -2.40. The molecule has 2 aliphatic rings. The number of aliphatic hydroxyl groups excluding tert-OH is 3. The summed E-state index contributed by atoms with van der Waals surface area (Å²) in [4.78, 5) is 27.3. The largest absolute Gasteiger partial charge is 0.493 e. The highest BCUT2D eigenvalue weighted by molar-refractivity contribution is 14.1. The standard InChI is InChI=1S/C24H33IN2O7/c1-3-21(30)27(12-14-4-5-14)18-10-16(24(32)26-6-7-28)11-19(22(18)31)34-23-17(25)8-15(13-29)9-20(23)33-2/h8-9,11,14,18-19,22,28-29,31H,3-7,10,12-13H2,1-2H3,(H,26,32)/t18-,19+,22+/m1/s1. The van der Waals surface area contributed by atoms with Crippen LogP contribution in [0.3, 0.4) is 0 Å². The zero-order valence-electron chi connectivity index (χ0n) is 19.5. The van der Waals surface area contributed by atoms with Crippen molar-refractivity contribution in [3.8, 4) is 11.5 Å². The van der Waals surface area contributed by atoms with Gasteiger partial charge in [-0.3, -0.25) is 9.59 Å². The van der Waals surface area contributed by atoms with Crippen molar-refractivity contribution in [2.75, 3.05) is 26.8 Å². The Hall–Kier alpha value is -1.89. The van der Waals surface area contributed by atoms with Crippen molar-refractivity contribution in [2.24, 2.45) is 5.92 Å². The van der Waals surface area contributed by atoms with Crippen molar-refractivity contribution in [3.05, 3.63) is 32.9 Å². The van der Waals surface area contributed by atoms with Gasteiger partial charge >= 0.3 is 0 Å². The first-order chi connectivity index (χ1) is 16.3. The fourth-order valence-corrected chi connectivity index (χ4v) is 4.89. The first kappa shape index (κ1) is 26.7. The molecule has 0 aliphatic heterocycles. The fourth-order valence-electron chi connectivity index (χ4n) is 4.10. The van der Waals surface area contributed by atoms with Gasteiger partial charge < -0.3 is 35.0 Å². The predicted molar refractivity (Wildman–Crippen MR) is 133 cm³/mol. The Bertz CT molecular complexity index is 919. The van der Waals surface area contributed by atoms with Gasteiger partial charge in [0.25, 0.3) is 0 Å². The normalized spacial score (nSPS) is 22.1. The molecule has 0 radical (unpaired) electrons. The summed E-state index contributed by atoms with van der Waals surface area (Å²) in [7, 11) is 1.49. The van der Waals surface area contributed by atoms with Crippen LogP contribution in [-0.4, -0.2) is 77.1 Å². The van der Waals surface area contributed by atoms with E-state index in [4.69, 9.17) is 14.6 Å². The smallest absolute Gasteiger partial charge is 0.247 e. The van der Waals surface area contributed by atoms with Crippen LogP contribution in [0.1, 0.15) is 38.2 Å². The molecule has 0 unspecified atom stereocenters. The molecule has 3 rings (SSSR count). The minimum Gasteiger partial charge on any atom is -0.493 e. The molecule has 0 heterocycles. The van der Waals surface area contributed by atoms with Gasteiger partial charge in [0.2, 0.25) is 11.8 Å². The number of halogens is 1. The summed E-state index contributed by atoms with van der Waals surface area (Å²) in [6.45, 7) is 2.07. The lowest BCUT2D eigenvalue weighted by atomic mass is 9.87. The van der Waals surface area contributed by atoms with Gasteiger partial charge in [-0.1, -0.05) is 6.92 Å². The molecule has 0 bridgehead atoms. The minimum atomic E-state index is -1.07. The van der Waals surface area contributed by atoms with Gasteiger partial charge in [0.1, 0.15) is 12.2 Å². The number of amides is 2. The Labute approximate surface area is 213 Å². The molecule has 1 saturated carbocycles. The van der Waals surface area contributed by atoms with E-state index < -0.39 is 18.2 Å². The van der Waals surface area contributed by atoms with E-state index in [1.165, 1.54) is 7.11 Å². The Morgan fingerprint density at radius 1 is 1.26 bits per heavy atom. The molecule has 188 valence electrons. The van der Waals surface area contributed by atoms with Crippen LogP contribution in [0.15, 0.2) is 23.8 Å². The molecular weight excluding hydrogens is 555 g/mol. The van der Waals surface area contributed by atoms with E-state index in [1.807, 2.05) is 0 Å². The summed E-state index contributed by atoms with van der Waals surface area (Å²) in [6, 6.07) is 2.78. The number of rotatable bonds is 11. The molecule has 9 nitrogen and oxygen atoms in total. The highest BCUT2D eigenvalue weighted by atomic mass is 127. The van der Waals surface area contributed by atoms with Crippen LogP contribution in [0.5, 0.6) is 11.5 Å². The average molecular weight is 588 g/mol. The van der Waals surface area contributed by atoms with E-state index in [0.29, 0.717) is 45.1 Å². The van der Waals surface area contributed by atoms with Gasteiger partial charge in [0, 0.05) is 31.5 Å². The van der Waals surface area contributed by atoms with Gasteiger partial charge in [0.15, 0.2) is 11.5 Å². The van der Waals surface area contributed by atoms with Crippen LogP contribution in [-0.2, 0) is 16.2 Å². The van der Waals surface area contributed by atoms with Crippen molar-refractivity contribution < 1.29 is 34.4 Å². The summed E-state index contributed by atoms with van der Waals surface area (Å²) in [5.41, 5.74) is 1.04. The van der Waals surface area contributed by atoms with E-state index in [-0.39, 0.29) is 38.0 Å². The SMILES string of the molecule is CCC(=O)N(CC1CC1)[C@@H]1CC(C(=O)NCCO)=C[C@H](Oc2c(I)cc(CO)cc2OC)[C@H]1O. The number of benzene rings is 1. The van der Waals surface area contributed by atoms with Gasteiger partial charge in [-0.15, -0.1) is 0 Å². The number of methoxy groups -OCH3 is 1. The second-order valence-corrected chi connectivity index (χ2v) is 9.79. The molecule has 0 aromatic heterocycles. The number of nitrogens with zero attached hydrogens (tertiary/aromatic N) is 1. The van der Waals surface area contributed by atoms with Crippen molar-refractivity contribution >= 4 is 34.4 Å².